The topological polar surface area (TPSA) is 26.3 Å². The zero-order valence-corrected chi connectivity index (χ0v) is 7.83. The summed E-state index contributed by atoms with van der Waals surface area (Å²) < 4.78 is 5.56. The molecule has 4 heteroatoms. The van der Waals surface area contributed by atoms with Crippen molar-refractivity contribution in [2.24, 2.45) is 0 Å². The van der Waals surface area contributed by atoms with Crippen molar-refractivity contribution in [3.05, 3.63) is 26.9 Å². The average Bonchev–Trinajstić information content (AvgIpc) is 2.56. The summed E-state index contributed by atoms with van der Waals surface area (Å²) in [5.74, 6) is 0.266. The van der Waals surface area contributed by atoms with E-state index in [1.807, 2.05) is 6.92 Å². The lowest BCUT2D eigenvalue weighted by molar-refractivity contribution is 0.0716. The molecule has 1 aliphatic rings. The summed E-state index contributed by atoms with van der Waals surface area (Å²) in [5.41, 5.74) is 1.33. The first kappa shape index (κ1) is 7.83. The first-order chi connectivity index (χ1) is 5.74. The fourth-order valence-electron chi connectivity index (χ4n) is 1.12. The van der Waals surface area contributed by atoms with Gasteiger partial charge in [0.25, 0.3) is 0 Å². The van der Waals surface area contributed by atoms with Gasteiger partial charge in [0.1, 0.15) is 10.1 Å². The molecule has 62 valence electrons. The predicted octanol–water partition coefficient (Wildman–Crippen LogP) is 2.93. The molecule has 0 fully saturated rings. The van der Waals surface area contributed by atoms with Gasteiger partial charge < -0.3 is 4.74 Å². The Bertz CT molecular complexity index is 378. The highest BCUT2D eigenvalue weighted by Crippen LogP contribution is 2.39. The van der Waals surface area contributed by atoms with E-state index in [9.17, 15) is 4.79 Å². The van der Waals surface area contributed by atoms with Crippen molar-refractivity contribution >= 4 is 34.7 Å². The Kier molecular flexibility index (Phi) is 1.70. The Morgan fingerprint density at radius 1 is 1.67 bits per heavy atom. The van der Waals surface area contributed by atoms with Gasteiger partial charge in [-0.1, -0.05) is 11.6 Å². The summed E-state index contributed by atoms with van der Waals surface area (Å²) in [6, 6.07) is 0. The summed E-state index contributed by atoms with van der Waals surface area (Å²) in [5, 5.41) is 1.72. The molecule has 1 aromatic rings. The Balaban J connectivity index is 2.68. The molecular weight excluding hydrogens is 196 g/mol. The molecule has 0 aliphatic carbocycles. The normalized spacial score (nSPS) is 18.2. The fourth-order valence-corrected chi connectivity index (χ4v) is 2.22. The van der Waals surface area contributed by atoms with Crippen LogP contribution in [0.3, 0.4) is 0 Å². The maximum Gasteiger partial charge on any atom is 0.345 e. The van der Waals surface area contributed by atoms with E-state index in [0.29, 0.717) is 15.7 Å². The fraction of sp³-hybridized carbons (Fsp3) is 0.125. The number of halogens is 1. The molecule has 2 rings (SSSR count). The number of cyclic esters (lactones) is 1. The van der Waals surface area contributed by atoms with Crippen LogP contribution in [0, 0.1) is 0 Å². The molecule has 1 aromatic heterocycles. The van der Waals surface area contributed by atoms with Crippen LogP contribution in [-0.2, 0) is 4.74 Å². The number of hydrogen-bond acceptors (Lipinski definition) is 3. The predicted molar refractivity (Wildman–Crippen MR) is 48.4 cm³/mol. The van der Waals surface area contributed by atoms with E-state index in [2.05, 4.69) is 0 Å². The first-order valence-corrected chi connectivity index (χ1v) is 4.65. The number of carbonyl (C=O) groups excluding carboxylic acids is 1. The zero-order valence-electron chi connectivity index (χ0n) is 6.26. The van der Waals surface area contributed by atoms with Crippen LogP contribution in [0.15, 0.2) is 11.5 Å². The second-order valence-electron chi connectivity index (χ2n) is 2.34. The van der Waals surface area contributed by atoms with Gasteiger partial charge in [0, 0.05) is 5.38 Å². The van der Waals surface area contributed by atoms with Crippen LogP contribution in [0.5, 0.6) is 0 Å². The molecule has 12 heavy (non-hydrogen) atoms. The Labute approximate surface area is 78.4 Å². The quantitative estimate of drug-likeness (QED) is 0.602. The molecule has 0 aromatic carbocycles. The molecule has 0 unspecified atom stereocenters. The molecule has 0 amide bonds. The molecule has 0 saturated heterocycles. The number of rotatable bonds is 0. The second kappa shape index (κ2) is 2.61. The maximum atomic E-state index is 11.1. The second-order valence-corrected chi connectivity index (χ2v) is 3.82. The third-order valence-electron chi connectivity index (χ3n) is 1.68. The van der Waals surface area contributed by atoms with Crippen LogP contribution in [0.25, 0.3) is 5.76 Å². The van der Waals surface area contributed by atoms with E-state index in [4.69, 9.17) is 16.3 Å². The van der Waals surface area contributed by atoms with E-state index in [0.717, 1.165) is 5.56 Å². The maximum absolute atomic E-state index is 11.1. The Hall–Kier alpha value is -0.800. The van der Waals surface area contributed by atoms with E-state index < -0.39 is 0 Å². The number of ether oxygens (including phenoxy) is 1. The molecule has 1 aliphatic heterocycles. The van der Waals surface area contributed by atoms with Crippen molar-refractivity contribution in [3.8, 4) is 0 Å². The van der Waals surface area contributed by atoms with Gasteiger partial charge in [-0.15, -0.1) is 11.3 Å². The van der Waals surface area contributed by atoms with Crippen molar-refractivity contribution in [2.75, 3.05) is 0 Å². The lowest BCUT2D eigenvalue weighted by atomic mass is 10.2. The van der Waals surface area contributed by atoms with Crippen molar-refractivity contribution < 1.29 is 9.53 Å². The molecule has 0 N–H and O–H groups in total. The lowest BCUT2D eigenvalue weighted by Gasteiger charge is -1.94. The minimum absolute atomic E-state index is 0.304. The van der Waals surface area contributed by atoms with Gasteiger partial charge in [-0.25, -0.2) is 4.79 Å². The highest BCUT2D eigenvalue weighted by Gasteiger charge is 2.29. The molecule has 0 saturated carbocycles. The molecular formula is C8H5ClO2S. The van der Waals surface area contributed by atoms with Gasteiger partial charge in [0.05, 0.1) is 11.1 Å². The van der Waals surface area contributed by atoms with Crippen molar-refractivity contribution in [1.29, 1.82) is 0 Å². The Morgan fingerprint density at radius 3 is 3.08 bits per heavy atom. The molecule has 0 spiro atoms. The number of esters is 1. The minimum atomic E-state index is -0.304. The van der Waals surface area contributed by atoms with Crippen molar-refractivity contribution in [2.45, 2.75) is 6.92 Å². The van der Waals surface area contributed by atoms with Gasteiger partial charge in [-0.05, 0) is 13.0 Å². The van der Waals surface area contributed by atoms with Gasteiger partial charge in [0.15, 0.2) is 0 Å². The number of fused-ring (bicyclic) bond motifs is 1. The van der Waals surface area contributed by atoms with Gasteiger partial charge in [0.2, 0.25) is 0 Å². The summed E-state index contributed by atoms with van der Waals surface area (Å²) in [4.78, 5) is 11.1. The summed E-state index contributed by atoms with van der Waals surface area (Å²) in [6.07, 6.45) is 1.74. The number of hydrogen-bond donors (Lipinski definition) is 0. The summed E-state index contributed by atoms with van der Waals surface area (Å²) >= 11 is 7.22. The minimum Gasteiger partial charge on any atom is -0.422 e. The van der Waals surface area contributed by atoms with E-state index >= 15 is 0 Å². The largest absolute Gasteiger partial charge is 0.422 e. The molecule has 0 radical (unpaired) electrons. The highest BCUT2D eigenvalue weighted by atomic mass is 35.5. The standard InChI is InChI=1S/C8H5ClO2S/c1-2-5-6-4(8(10)11-5)3-12-7(6)9/h2-3H,1H3/b5-2-. The van der Waals surface area contributed by atoms with E-state index in [1.165, 1.54) is 11.3 Å². The van der Waals surface area contributed by atoms with Gasteiger partial charge >= 0.3 is 5.97 Å². The van der Waals surface area contributed by atoms with Crippen molar-refractivity contribution in [3.63, 3.8) is 0 Å². The van der Waals surface area contributed by atoms with Crippen molar-refractivity contribution in [1.82, 2.24) is 0 Å². The zero-order chi connectivity index (χ0) is 8.72. The van der Waals surface area contributed by atoms with E-state index in [1.54, 1.807) is 11.5 Å². The van der Waals surface area contributed by atoms with Gasteiger partial charge in [-0.3, -0.25) is 0 Å². The highest BCUT2D eigenvalue weighted by molar-refractivity contribution is 7.15. The smallest absolute Gasteiger partial charge is 0.345 e. The van der Waals surface area contributed by atoms with Crippen LogP contribution >= 0.6 is 22.9 Å². The monoisotopic (exact) mass is 200 g/mol. The van der Waals surface area contributed by atoms with Crippen LogP contribution in [-0.4, -0.2) is 5.97 Å². The average molecular weight is 201 g/mol. The third kappa shape index (κ3) is 0.901. The lowest BCUT2D eigenvalue weighted by Crippen LogP contribution is -1.90. The molecule has 2 nitrogen and oxygen atoms in total. The number of allylic oxidation sites excluding steroid dienone is 1. The third-order valence-corrected chi connectivity index (χ3v) is 2.90. The number of thiophene rings is 1. The SMILES string of the molecule is C/C=C1\OC(=O)c2csc(Cl)c21. The van der Waals surface area contributed by atoms with Crippen LogP contribution < -0.4 is 0 Å². The Morgan fingerprint density at radius 2 is 2.42 bits per heavy atom. The number of carbonyl (C=O) groups is 1. The summed E-state index contributed by atoms with van der Waals surface area (Å²) in [7, 11) is 0. The van der Waals surface area contributed by atoms with Crippen LogP contribution in [0.2, 0.25) is 4.34 Å². The molecule has 0 bridgehead atoms. The van der Waals surface area contributed by atoms with Crippen LogP contribution in [0.1, 0.15) is 22.8 Å². The summed E-state index contributed by atoms with van der Waals surface area (Å²) in [6.45, 7) is 1.81. The molecule has 0 atom stereocenters. The van der Waals surface area contributed by atoms with Gasteiger partial charge in [-0.2, -0.15) is 0 Å². The molecule has 2 heterocycles. The van der Waals surface area contributed by atoms with Crippen LogP contribution in [0.4, 0.5) is 0 Å². The van der Waals surface area contributed by atoms with E-state index in [-0.39, 0.29) is 5.97 Å². The first-order valence-electron chi connectivity index (χ1n) is 3.40.